The van der Waals surface area contributed by atoms with Crippen LogP contribution in [0.2, 0.25) is 0 Å². The maximum atomic E-state index is 12.1. The van der Waals surface area contributed by atoms with E-state index in [0.717, 1.165) is 0 Å². The van der Waals surface area contributed by atoms with Crippen molar-refractivity contribution in [1.82, 2.24) is 5.43 Å². The molecule has 0 unspecified atom stereocenters. The van der Waals surface area contributed by atoms with Gasteiger partial charge in [0.05, 0.1) is 35.4 Å². The first-order valence-electron chi connectivity index (χ1n) is 8.13. The number of furan rings is 1. The summed E-state index contributed by atoms with van der Waals surface area (Å²) in [4.78, 5) is 22.9. The second-order valence-electron chi connectivity index (χ2n) is 5.70. The molecule has 0 saturated heterocycles. The molecule has 1 heterocycles. The maximum Gasteiger partial charge on any atom is 0.284 e. The summed E-state index contributed by atoms with van der Waals surface area (Å²) in [7, 11) is 1.42. The standard InChI is InChI=1S/C19H14BrN3O6/c1-28-12-3-5-14(16(9-12)23(26)27)18-7-4-13(29-18)10-21-22-19(25)15-8-11(20)2-6-17(15)24/h2-10,24H,1H3,(H,22,25)/b21-10-. The van der Waals surface area contributed by atoms with Crippen LogP contribution in [0.4, 0.5) is 5.69 Å². The van der Waals surface area contributed by atoms with E-state index < -0.39 is 10.8 Å². The number of nitrogens with one attached hydrogen (secondary N) is 1. The quantitative estimate of drug-likeness (QED) is 0.324. The van der Waals surface area contributed by atoms with Crippen molar-refractivity contribution in [3.8, 4) is 22.8 Å². The molecule has 1 amide bonds. The van der Waals surface area contributed by atoms with E-state index in [0.29, 0.717) is 10.2 Å². The molecule has 0 aliphatic carbocycles. The monoisotopic (exact) mass is 459 g/mol. The Morgan fingerprint density at radius 2 is 2.07 bits per heavy atom. The first-order valence-corrected chi connectivity index (χ1v) is 8.93. The fraction of sp³-hybridized carbons (Fsp3) is 0.0526. The molecule has 0 spiro atoms. The molecule has 0 fully saturated rings. The lowest BCUT2D eigenvalue weighted by atomic mass is 10.1. The number of rotatable bonds is 6. The molecule has 2 N–H and O–H groups in total. The Morgan fingerprint density at radius 1 is 1.28 bits per heavy atom. The predicted octanol–water partition coefficient (Wildman–Crippen LogP) is 4.10. The van der Waals surface area contributed by atoms with Crippen molar-refractivity contribution in [3.05, 3.63) is 74.4 Å². The summed E-state index contributed by atoms with van der Waals surface area (Å²) < 4.78 is 11.2. The van der Waals surface area contributed by atoms with Gasteiger partial charge in [-0.1, -0.05) is 15.9 Å². The minimum Gasteiger partial charge on any atom is -0.507 e. The van der Waals surface area contributed by atoms with Crippen LogP contribution >= 0.6 is 15.9 Å². The Balaban J connectivity index is 1.76. The van der Waals surface area contributed by atoms with Gasteiger partial charge in [0.15, 0.2) is 0 Å². The summed E-state index contributed by atoms with van der Waals surface area (Å²) in [6, 6.07) is 11.9. The number of halogens is 1. The van der Waals surface area contributed by atoms with Crippen LogP contribution in [-0.4, -0.2) is 29.3 Å². The van der Waals surface area contributed by atoms with Gasteiger partial charge in [-0.05, 0) is 42.5 Å². The maximum absolute atomic E-state index is 12.1. The van der Waals surface area contributed by atoms with Crippen LogP contribution in [0.3, 0.4) is 0 Å². The lowest BCUT2D eigenvalue weighted by Crippen LogP contribution is -2.17. The number of carbonyl (C=O) groups is 1. The lowest BCUT2D eigenvalue weighted by Gasteiger charge is -2.03. The van der Waals surface area contributed by atoms with Gasteiger partial charge in [-0.3, -0.25) is 14.9 Å². The zero-order valence-corrected chi connectivity index (χ0v) is 16.5. The minimum absolute atomic E-state index is 0.0468. The van der Waals surface area contributed by atoms with Crippen molar-refractivity contribution in [2.75, 3.05) is 7.11 Å². The van der Waals surface area contributed by atoms with Crippen LogP contribution in [0.25, 0.3) is 11.3 Å². The Morgan fingerprint density at radius 3 is 2.79 bits per heavy atom. The number of nitro benzene ring substituents is 1. The van der Waals surface area contributed by atoms with Crippen LogP contribution in [0.15, 0.2) is 62.5 Å². The van der Waals surface area contributed by atoms with E-state index in [2.05, 4.69) is 26.5 Å². The second-order valence-corrected chi connectivity index (χ2v) is 6.62. The second kappa shape index (κ2) is 8.57. The van der Waals surface area contributed by atoms with Crippen molar-refractivity contribution in [3.63, 3.8) is 0 Å². The summed E-state index contributed by atoms with van der Waals surface area (Å²) in [5.41, 5.74) is 2.43. The fourth-order valence-corrected chi connectivity index (χ4v) is 2.83. The summed E-state index contributed by atoms with van der Waals surface area (Å²) in [5, 5.41) is 24.8. The molecule has 29 heavy (non-hydrogen) atoms. The van der Waals surface area contributed by atoms with E-state index in [1.165, 1.54) is 37.6 Å². The number of nitrogens with zero attached hydrogens (tertiary/aromatic N) is 2. The number of benzene rings is 2. The average Bonchev–Trinajstić information content (AvgIpc) is 3.17. The van der Waals surface area contributed by atoms with Gasteiger partial charge in [-0.2, -0.15) is 5.10 Å². The summed E-state index contributed by atoms with van der Waals surface area (Å²) >= 11 is 3.22. The third-order valence-electron chi connectivity index (χ3n) is 3.85. The Bertz CT molecular complexity index is 1110. The highest BCUT2D eigenvalue weighted by Gasteiger charge is 2.19. The molecule has 10 heteroatoms. The highest BCUT2D eigenvalue weighted by atomic mass is 79.9. The van der Waals surface area contributed by atoms with E-state index >= 15 is 0 Å². The third kappa shape index (κ3) is 4.61. The number of methoxy groups -OCH3 is 1. The van der Waals surface area contributed by atoms with Gasteiger partial charge in [0.2, 0.25) is 0 Å². The number of amides is 1. The summed E-state index contributed by atoms with van der Waals surface area (Å²) in [6.07, 6.45) is 1.24. The molecule has 3 aromatic rings. The molecule has 0 aliphatic heterocycles. The van der Waals surface area contributed by atoms with Crippen molar-refractivity contribution in [2.45, 2.75) is 0 Å². The first kappa shape index (κ1) is 20.1. The van der Waals surface area contributed by atoms with Gasteiger partial charge in [0.25, 0.3) is 11.6 Å². The number of phenols is 1. The minimum atomic E-state index is -0.613. The predicted molar refractivity (Wildman–Crippen MR) is 108 cm³/mol. The Hall–Kier alpha value is -3.66. The number of hydrazone groups is 1. The van der Waals surface area contributed by atoms with E-state index in [4.69, 9.17) is 9.15 Å². The van der Waals surface area contributed by atoms with Gasteiger partial charge >= 0.3 is 0 Å². The molecule has 0 saturated carbocycles. The third-order valence-corrected chi connectivity index (χ3v) is 4.35. The van der Waals surface area contributed by atoms with Gasteiger partial charge in [-0.15, -0.1) is 0 Å². The normalized spacial score (nSPS) is 10.8. The van der Waals surface area contributed by atoms with Crippen LogP contribution in [0, 0.1) is 10.1 Å². The Kier molecular flexibility index (Phi) is 5.93. The largest absolute Gasteiger partial charge is 0.507 e. The number of hydrogen-bond acceptors (Lipinski definition) is 7. The topological polar surface area (TPSA) is 127 Å². The fourth-order valence-electron chi connectivity index (χ4n) is 2.47. The van der Waals surface area contributed by atoms with Crippen molar-refractivity contribution in [1.29, 1.82) is 0 Å². The number of carbonyl (C=O) groups excluding carboxylic acids is 1. The molecule has 0 radical (unpaired) electrons. The zero-order chi connectivity index (χ0) is 21.0. The van der Waals surface area contributed by atoms with Gasteiger partial charge < -0.3 is 14.3 Å². The smallest absolute Gasteiger partial charge is 0.284 e. The van der Waals surface area contributed by atoms with Crippen molar-refractivity contribution < 1.29 is 24.0 Å². The molecule has 1 aromatic heterocycles. The molecule has 0 bridgehead atoms. The van der Waals surface area contributed by atoms with Gasteiger partial charge in [0.1, 0.15) is 23.0 Å². The van der Waals surface area contributed by atoms with Crippen molar-refractivity contribution >= 4 is 33.7 Å². The molecule has 0 atom stereocenters. The van der Waals surface area contributed by atoms with Gasteiger partial charge in [-0.25, -0.2) is 5.43 Å². The zero-order valence-electron chi connectivity index (χ0n) is 15.0. The summed E-state index contributed by atoms with van der Waals surface area (Å²) in [5.74, 6) is 0.0820. The molecule has 9 nitrogen and oxygen atoms in total. The molecule has 0 aliphatic rings. The lowest BCUT2D eigenvalue weighted by molar-refractivity contribution is -0.384. The number of nitro groups is 1. The van der Waals surface area contributed by atoms with E-state index in [-0.39, 0.29) is 34.1 Å². The highest BCUT2D eigenvalue weighted by molar-refractivity contribution is 9.10. The molecule has 148 valence electrons. The van der Waals surface area contributed by atoms with E-state index in [9.17, 15) is 20.0 Å². The summed E-state index contributed by atoms with van der Waals surface area (Å²) in [6.45, 7) is 0. The number of phenolic OH excluding ortho intramolecular Hbond substituents is 1. The van der Waals surface area contributed by atoms with E-state index in [1.54, 1.807) is 24.3 Å². The van der Waals surface area contributed by atoms with Crippen LogP contribution in [0.1, 0.15) is 16.1 Å². The number of aromatic hydroxyl groups is 1. The average molecular weight is 460 g/mol. The molecule has 3 rings (SSSR count). The van der Waals surface area contributed by atoms with Crippen LogP contribution in [-0.2, 0) is 0 Å². The molecular formula is C19H14BrN3O6. The SMILES string of the molecule is COc1ccc(-c2ccc(/C=N\NC(=O)c3cc(Br)ccc3O)o2)c([N+](=O)[O-])c1. The highest BCUT2D eigenvalue weighted by Crippen LogP contribution is 2.33. The van der Waals surface area contributed by atoms with Crippen LogP contribution in [0.5, 0.6) is 11.5 Å². The van der Waals surface area contributed by atoms with Gasteiger partial charge in [0, 0.05) is 4.47 Å². The molecule has 2 aromatic carbocycles. The van der Waals surface area contributed by atoms with Crippen molar-refractivity contribution in [2.24, 2.45) is 5.10 Å². The first-order chi connectivity index (χ1) is 13.9. The number of ether oxygens (including phenoxy) is 1. The Labute approximate surface area is 172 Å². The van der Waals surface area contributed by atoms with Crippen LogP contribution < -0.4 is 10.2 Å². The molecular weight excluding hydrogens is 446 g/mol. The number of hydrogen-bond donors (Lipinski definition) is 2. The van der Waals surface area contributed by atoms with E-state index in [1.807, 2.05) is 0 Å².